The number of rotatable bonds is 6. The van der Waals surface area contributed by atoms with Gasteiger partial charge in [0.2, 0.25) is 11.5 Å². The maximum absolute atomic E-state index is 12.0. The summed E-state index contributed by atoms with van der Waals surface area (Å²) in [6.07, 6.45) is 6.18. The van der Waals surface area contributed by atoms with E-state index in [0.29, 0.717) is 46.0 Å². The number of ether oxygens (including phenoxy) is 6. The summed E-state index contributed by atoms with van der Waals surface area (Å²) in [5.41, 5.74) is 0.576. The minimum absolute atomic E-state index is 0.0370. The minimum atomic E-state index is -1.54. The molecule has 0 radical (unpaired) electrons. The Bertz CT molecular complexity index is 1960. The molecule has 3 atom stereocenters. The molecule has 0 N–H and O–H groups in total. The Morgan fingerprint density at radius 2 is 1.40 bits per heavy atom. The zero-order valence-corrected chi connectivity index (χ0v) is 23.4. The Morgan fingerprint density at radius 1 is 0.762 bits per heavy atom. The third-order valence-corrected chi connectivity index (χ3v) is 8.09. The first-order chi connectivity index (χ1) is 20.1. The summed E-state index contributed by atoms with van der Waals surface area (Å²) in [5.74, 6) is -0.317. The molecule has 42 heavy (non-hydrogen) atoms. The minimum Gasteiger partial charge on any atom is -0.483 e. The summed E-state index contributed by atoms with van der Waals surface area (Å²) in [5, 5.41) is 2.41. The third-order valence-electron chi connectivity index (χ3n) is 8.09. The zero-order chi connectivity index (χ0) is 28.9. The molecule has 10 nitrogen and oxygen atoms in total. The molecule has 216 valence electrons. The normalized spacial score (nSPS) is 25.2. The van der Waals surface area contributed by atoms with Gasteiger partial charge in [0, 0.05) is 33.9 Å². The maximum Gasteiger partial charge on any atom is 0.350 e. The lowest BCUT2D eigenvalue weighted by atomic mass is 10.0. The van der Waals surface area contributed by atoms with Crippen molar-refractivity contribution >= 4 is 39.0 Å². The van der Waals surface area contributed by atoms with Crippen LogP contribution in [0.3, 0.4) is 0 Å². The highest BCUT2D eigenvalue weighted by atomic mass is 16.9. The molecule has 10 heteroatoms. The molecule has 3 aliphatic heterocycles. The van der Waals surface area contributed by atoms with Gasteiger partial charge < -0.3 is 41.7 Å². The van der Waals surface area contributed by atoms with Crippen molar-refractivity contribution in [3.8, 4) is 17.2 Å². The van der Waals surface area contributed by atoms with E-state index in [-0.39, 0.29) is 18.3 Å². The number of fused-ring (bicyclic) bond motifs is 4. The van der Waals surface area contributed by atoms with Crippen molar-refractivity contribution in [2.75, 3.05) is 13.2 Å². The Kier molecular flexibility index (Phi) is 5.23. The van der Waals surface area contributed by atoms with E-state index in [1.807, 2.05) is 58.0 Å². The summed E-state index contributed by atoms with van der Waals surface area (Å²) in [7, 11) is 0. The van der Waals surface area contributed by atoms with E-state index >= 15 is 0 Å². The van der Waals surface area contributed by atoms with Gasteiger partial charge >= 0.3 is 11.6 Å². The molecule has 3 aromatic heterocycles. The fourth-order valence-corrected chi connectivity index (χ4v) is 5.59. The molecular formula is C32H28O10. The van der Waals surface area contributed by atoms with E-state index in [0.717, 1.165) is 16.3 Å². The molecule has 6 heterocycles. The summed E-state index contributed by atoms with van der Waals surface area (Å²) < 4.78 is 54.5. The van der Waals surface area contributed by atoms with Crippen molar-refractivity contribution in [2.24, 2.45) is 0 Å². The standard InChI is InChI=1S/C32H28O10/c1-30(2)21(39-30)15-37-29-25-20(9-12-35-25)14-18-7-10-32(41-27(18)29)40-22(31(3,4)42-32)16-36-28-24-19(8-11-34-24)13-17-5-6-23(33)38-26(17)28/h5-14,21-22H,15-16H2,1-4H3/t21-,22-,32+/m0/s1. The zero-order valence-electron chi connectivity index (χ0n) is 23.4. The molecule has 0 bridgehead atoms. The van der Waals surface area contributed by atoms with Crippen LogP contribution in [-0.4, -0.2) is 42.6 Å². The van der Waals surface area contributed by atoms with Crippen LogP contribution in [0.5, 0.6) is 17.2 Å². The Hall–Kier alpha value is -4.25. The van der Waals surface area contributed by atoms with Crippen LogP contribution in [-0.2, 0) is 14.2 Å². The molecule has 0 saturated carbocycles. The Morgan fingerprint density at radius 3 is 2.14 bits per heavy atom. The predicted octanol–water partition coefficient (Wildman–Crippen LogP) is 6.17. The lowest BCUT2D eigenvalue weighted by Gasteiger charge is -2.31. The van der Waals surface area contributed by atoms with E-state index in [9.17, 15) is 4.79 Å². The van der Waals surface area contributed by atoms with Gasteiger partial charge in [-0.1, -0.05) is 0 Å². The molecule has 0 aliphatic carbocycles. The van der Waals surface area contributed by atoms with Gasteiger partial charge in [0.15, 0.2) is 22.5 Å². The predicted molar refractivity (Wildman–Crippen MR) is 151 cm³/mol. The van der Waals surface area contributed by atoms with E-state index in [4.69, 9.17) is 41.7 Å². The summed E-state index contributed by atoms with van der Waals surface area (Å²) in [4.78, 5) is 12.0. The first-order valence-corrected chi connectivity index (χ1v) is 13.8. The second-order valence-electron chi connectivity index (χ2n) is 11.9. The molecule has 0 amide bonds. The second-order valence-corrected chi connectivity index (χ2v) is 11.9. The number of epoxide rings is 1. The second kappa shape index (κ2) is 8.64. The average molecular weight is 573 g/mol. The topological polar surface area (TPSA) is 115 Å². The number of hydrogen-bond acceptors (Lipinski definition) is 10. The van der Waals surface area contributed by atoms with Crippen LogP contribution >= 0.6 is 0 Å². The monoisotopic (exact) mass is 572 g/mol. The highest BCUT2D eigenvalue weighted by Crippen LogP contribution is 2.49. The van der Waals surface area contributed by atoms with E-state index < -0.39 is 23.3 Å². The number of hydrogen-bond donors (Lipinski definition) is 0. The van der Waals surface area contributed by atoms with Crippen LogP contribution in [0, 0.1) is 0 Å². The lowest BCUT2D eigenvalue weighted by Crippen LogP contribution is -2.39. The lowest BCUT2D eigenvalue weighted by molar-refractivity contribution is -0.271. The largest absolute Gasteiger partial charge is 0.483 e. The fourth-order valence-electron chi connectivity index (χ4n) is 5.59. The van der Waals surface area contributed by atoms with E-state index in [2.05, 4.69) is 0 Å². The third kappa shape index (κ3) is 4.01. The molecular weight excluding hydrogens is 544 g/mol. The number of furan rings is 2. The van der Waals surface area contributed by atoms with Crippen LogP contribution in [0.2, 0.25) is 0 Å². The van der Waals surface area contributed by atoms with Crippen molar-refractivity contribution in [3.05, 3.63) is 71.0 Å². The van der Waals surface area contributed by atoms with Gasteiger partial charge in [-0.25, -0.2) is 4.79 Å². The Balaban J connectivity index is 1.09. The van der Waals surface area contributed by atoms with E-state index in [1.54, 1.807) is 24.7 Å². The van der Waals surface area contributed by atoms with Crippen molar-refractivity contribution in [1.29, 1.82) is 0 Å². The van der Waals surface area contributed by atoms with Crippen molar-refractivity contribution in [1.82, 2.24) is 0 Å². The van der Waals surface area contributed by atoms with Gasteiger partial charge in [0.25, 0.3) is 0 Å². The van der Waals surface area contributed by atoms with Gasteiger partial charge in [-0.05, 0) is 64.1 Å². The van der Waals surface area contributed by atoms with Crippen LogP contribution in [0.15, 0.2) is 73.0 Å². The smallest absolute Gasteiger partial charge is 0.350 e. The first-order valence-electron chi connectivity index (χ1n) is 13.8. The SMILES string of the molecule is CC1(C)O[C@H]1COc1c2c(cc3ccoc13)C=C[C@]1(O2)O[C@@H](COc2c3occc3cc3ccc(=O)oc23)C(C)(C)O1. The summed E-state index contributed by atoms with van der Waals surface area (Å²) >= 11 is 0. The molecule has 0 unspecified atom stereocenters. The van der Waals surface area contributed by atoms with Gasteiger partial charge in [-0.3, -0.25) is 0 Å². The highest BCUT2D eigenvalue weighted by molar-refractivity contribution is 6.00. The van der Waals surface area contributed by atoms with Gasteiger partial charge in [0.05, 0.1) is 23.7 Å². The molecule has 5 aromatic rings. The number of benzene rings is 2. The maximum atomic E-state index is 12.0. The molecule has 2 aromatic carbocycles. The molecule has 1 spiro atoms. The van der Waals surface area contributed by atoms with Crippen molar-refractivity contribution in [3.63, 3.8) is 0 Å². The van der Waals surface area contributed by atoms with Crippen molar-refractivity contribution < 1.29 is 41.7 Å². The first kappa shape index (κ1) is 25.5. The summed E-state index contributed by atoms with van der Waals surface area (Å²) in [6, 6.07) is 10.6. The highest BCUT2D eigenvalue weighted by Gasteiger charge is 2.55. The molecule has 3 aliphatic rings. The van der Waals surface area contributed by atoms with Gasteiger partial charge in [-0.15, -0.1) is 0 Å². The van der Waals surface area contributed by atoms with Crippen LogP contribution < -0.4 is 19.8 Å². The molecule has 8 rings (SSSR count). The quantitative estimate of drug-likeness (QED) is 0.173. The Labute approximate surface area is 239 Å². The fraction of sp³-hybridized carbons (Fsp3) is 0.344. The van der Waals surface area contributed by atoms with Crippen molar-refractivity contribution in [2.45, 2.75) is 57.1 Å². The van der Waals surface area contributed by atoms with E-state index in [1.165, 1.54) is 6.07 Å². The summed E-state index contributed by atoms with van der Waals surface area (Å²) in [6.45, 7) is 8.23. The van der Waals surface area contributed by atoms with Crippen LogP contribution in [0.25, 0.3) is 39.0 Å². The van der Waals surface area contributed by atoms with Gasteiger partial charge in [0.1, 0.15) is 25.4 Å². The van der Waals surface area contributed by atoms with Crippen LogP contribution in [0.4, 0.5) is 0 Å². The van der Waals surface area contributed by atoms with Gasteiger partial charge in [-0.2, -0.15) is 0 Å². The molecule has 2 saturated heterocycles. The van der Waals surface area contributed by atoms with Crippen LogP contribution in [0.1, 0.15) is 33.3 Å². The molecule has 2 fully saturated rings. The average Bonchev–Trinajstić information content (AvgIpc) is 3.35.